The van der Waals surface area contributed by atoms with Gasteiger partial charge >= 0.3 is 6.09 Å². The smallest absolute Gasteiger partial charge is 0.407 e. The molecule has 1 aromatic carbocycles. The van der Waals surface area contributed by atoms with E-state index in [0.29, 0.717) is 24.2 Å². The fourth-order valence-electron chi connectivity index (χ4n) is 2.36. The average Bonchev–Trinajstić information content (AvgIpc) is 2.51. The van der Waals surface area contributed by atoms with Crippen molar-refractivity contribution in [3.63, 3.8) is 0 Å². The molecule has 0 bridgehead atoms. The molecule has 1 atom stereocenters. The molecule has 1 aliphatic carbocycles. The molecule has 0 aromatic heterocycles. The van der Waals surface area contributed by atoms with E-state index in [9.17, 15) is 9.00 Å². The molecular weight excluding hydrogens is 300 g/mol. The fourth-order valence-corrected chi connectivity index (χ4v) is 2.99. The number of nitrogens with one attached hydrogen (secondary N) is 2. The van der Waals surface area contributed by atoms with Gasteiger partial charge in [0, 0.05) is 40.9 Å². The first-order valence-electron chi connectivity index (χ1n) is 7.73. The van der Waals surface area contributed by atoms with Crippen molar-refractivity contribution in [2.45, 2.75) is 38.5 Å². The number of hydrogen-bond donors (Lipinski definition) is 2. The second kappa shape index (κ2) is 8.90. The number of alkyl carbamates (subject to hydrolysis) is 1. The van der Waals surface area contributed by atoms with Crippen molar-refractivity contribution < 1.29 is 13.7 Å². The maximum absolute atomic E-state index is 11.7. The molecule has 1 amide bonds. The van der Waals surface area contributed by atoms with Crippen LogP contribution < -0.4 is 10.6 Å². The van der Waals surface area contributed by atoms with Gasteiger partial charge in [-0.05, 0) is 18.4 Å². The molecule has 22 heavy (non-hydrogen) atoms. The number of carbonyl (C=O) groups is 1. The molecule has 1 fully saturated rings. The van der Waals surface area contributed by atoms with Crippen molar-refractivity contribution in [1.82, 2.24) is 10.6 Å². The molecule has 2 N–H and O–H groups in total. The molecule has 0 radical (unpaired) electrons. The Balaban J connectivity index is 1.53. The Kier molecular flexibility index (Phi) is 6.86. The average molecular weight is 324 g/mol. The molecule has 1 unspecified atom stereocenters. The van der Waals surface area contributed by atoms with Gasteiger partial charge in [-0.2, -0.15) is 0 Å². The highest BCUT2D eigenvalue weighted by atomic mass is 32.2. The maximum atomic E-state index is 11.7. The van der Waals surface area contributed by atoms with Gasteiger partial charge in [0.05, 0.1) is 0 Å². The maximum Gasteiger partial charge on any atom is 0.407 e. The highest BCUT2D eigenvalue weighted by molar-refractivity contribution is 7.84. The van der Waals surface area contributed by atoms with Crippen molar-refractivity contribution in [2.75, 3.05) is 18.1 Å². The highest BCUT2D eigenvalue weighted by Crippen LogP contribution is 2.19. The summed E-state index contributed by atoms with van der Waals surface area (Å²) in [6.45, 7) is 3.00. The second-order valence-electron chi connectivity index (χ2n) is 5.46. The molecule has 122 valence electrons. The zero-order chi connectivity index (χ0) is 15.8. The van der Waals surface area contributed by atoms with Crippen LogP contribution in [0.5, 0.6) is 0 Å². The number of amides is 1. The van der Waals surface area contributed by atoms with Crippen molar-refractivity contribution >= 4 is 16.9 Å². The zero-order valence-corrected chi connectivity index (χ0v) is 13.7. The number of rotatable bonds is 8. The molecule has 0 spiro atoms. The second-order valence-corrected chi connectivity index (χ2v) is 7.32. The van der Waals surface area contributed by atoms with Gasteiger partial charge in [-0.25, -0.2) is 4.79 Å². The number of benzene rings is 1. The molecule has 0 aliphatic heterocycles. The first-order valence-corrected chi connectivity index (χ1v) is 9.21. The summed E-state index contributed by atoms with van der Waals surface area (Å²) in [6, 6.07) is 10.2. The quantitative estimate of drug-likeness (QED) is 0.765. The summed E-state index contributed by atoms with van der Waals surface area (Å²) in [5.74, 6) is 1.41. The van der Waals surface area contributed by atoms with Crippen LogP contribution in [0.4, 0.5) is 4.79 Å². The van der Waals surface area contributed by atoms with Crippen LogP contribution in [0.15, 0.2) is 30.3 Å². The summed E-state index contributed by atoms with van der Waals surface area (Å²) in [7, 11) is -0.712. The summed E-state index contributed by atoms with van der Waals surface area (Å²) in [6.07, 6.45) is 1.44. The van der Waals surface area contributed by atoms with Gasteiger partial charge in [0.2, 0.25) is 0 Å². The van der Waals surface area contributed by atoms with E-state index < -0.39 is 10.8 Å². The first-order chi connectivity index (χ1) is 10.7. The predicted molar refractivity (Wildman–Crippen MR) is 88.1 cm³/mol. The molecule has 0 heterocycles. The summed E-state index contributed by atoms with van der Waals surface area (Å²) in [5, 5.41) is 6.23. The zero-order valence-electron chi connectivity index (χ0n) is 12.9. The Morgan fingerprint density at radius 1 is 1.27 bits per heavy atom. The third-order valence-corrected chi connectivity index (χ3v) is 5.06. The van der Waals surface area contributed by atoms with Gasteiger partial charge in [-0.3, -0.25) is 4.21 Å². The van der Waals surface area contributed by atoms with Gasteiger partial charge in [0.15, 0.2) is 0 Å². The van der Waals surface area contributed by atoms with Crippen LogP contribution in [-0.4, -0.2) is 40.4 Å². The molecule has 1 aliphatic rings. The standard InChI is InChI=1S/C16H24N2O3S/c1-2-22(20)9-8-17-14-10-15(11-14)18-16(19)21-12-13-6-4-3-5-7-13/h3-7,14-15,17H,2,8-12H2,1H3,(H,18,19). The van der Waals surface area contributed by atoms with Gasteiger partial charge in [0.1, 0.15) is 6.61 Å². The van der Waals surface area contributed by atoms with E-state index in [0.717, 1.165) is 24.9 Å². The van der Waals surface area contributed by atoms with Crippen molar-refractivity contribution in [1.29, 1.82) is 0 Å². The van der Waals surface area contributed by atoms with Crippen LogP contribution in [0.25, 0.3) is 0 Å². The molecule has 5 nitrogen and oxygen atoms in total. The fraction of sp³-hybridized carbons (Fsp3) is 0.562. The Bertz CT molecular complexity index is 489. The van der Waals surface area contributed by atoms with Crippen molar-refractivity contribution in [2.24, 2.45) is 0 Å². The van der Waals surface area contributed by atoms with E-state index >= 15 is 0 Å². The van der Waals surface area contributed by atoms with Gasteiger partial charge in [-0.1, -0.05) is 37.3 Å². The summed E-state index contributed by atoms with van der Waals surface area (Å²) in [5.41, 5.74) is 0.981. The monoisotopic (exact) mass is 324 g/mol. The molecule has 2 rings (SSSR count). The lowest BCUT2D eigenvalue weighted by atomic mass is 9.87. The molecular formula is C16H24N2O3S. The van der Waals surface area contributed by atoms with Crippen molar-refractivity contribution in [3.8, 4) is 0 Å². The van der Waals surface area contributed by atoms with Gasteiger partial charge < -0.3 is 15.4 Å². The summed E-state index contributed by atoms with van der Waals surface area (Å²) >= 11 is 0. The number of carbonyl (C=O) groups excluding carboxylic acids is 1. The first kappa shape index (κ1) is 17.0. The van der Waals surface area contributed by atoms with E-state index in [4.69, 9.17) is 4.74 Å². The summed E-state index contributed by atoms with van der Waals surface area (Å²) < 4.78 is 16.5. The third-order valence-electron chi connectivity index (χ3n) is 3.76. The minimum Gasteiger partial charge on any atom is -0.445 e. The largest absolute Gasteiger partial charge is 0.445 e. The van der Waals surface area contributed by atoms with Crippen LogP contribution in [0.2, 0.25) is 0 Å². The molecule has 6 heteroatoms. The third kappa shape index (κ3) is 5.77. The Morgan fingerprint density at radius 2 is 2.00 bits per heavy atom. The Labute approximate surface area is 134 Å². The molecule has 0 saturated heterocycles. The van der Waals surface area contributed by atoms with Gasteiger partial charge in [-0.15, -0.1) is 0 Å². The van der Waals surface area contributed by atoms with Crippen LogP contribution >= 0.6 is 0 Å². The molecule has 1 saturated carbocycles. The number of hydrogen-bond acceptors (Lipinski definition) is 4. The summed E-state index contributed by atoms with van der Waals surface area (Å²) in [4.78, 5) is 11.7. The lowest BCUT2D eigenvalue weighted by Gasteiger charge is -2.36. The van der Waals surface area contributed by atoms with E-state index in [1.807, 2.05) is 37.3 Å². The van der Waals surface area contributed by atoms with Crippen LogP contribution in [-0.2, 0) is 22.1 Å². The SMILES string of the molecule is CCS(=O)CCNC1CC(NC(=O)OCc2ccccc2)C1. The highest BCUT2D eigenvalue weighted by Gasteiger charge is 2.30. The van der Waals surface area contributed by atoms with E-state index in [1.165, 1.54) is 0 Å². The van der Waals surface area contributed by atoms with Crippen LogP contribution in [0, 0.1) is 0 Å². The van der Waals surface area contributed by atoms with E-state index in [-0.39, 0.29) is 12.1 Å². The van der Waals surface area contributed by atoms with Gasteiger partial charge in [0.25, 0.3) is 0 Å². The Hall–Kier alpha value is -1.40. The minimum atomic E-state index is -0.712. The van der Waals surface area contributed by atoms with Crippen molar-refractivity contribution in [3.05, 3.63) is 35.9 Å². The lowest BCUT2D eigenvalue weighted by Crippen LogP contribution is -2.53. The van der Waals surface area contributed by atoms with Crippen LogP contribution in [0.3, 0.4) is 0 Å². The molecule has 1 aromatic rings. The number of ether oxygens (including phenoxy) is 1. The lowest BCUT2D eigenvalue weighted by molar-refractivity contribution is 0.126. The minimum absolute atomic E-state index is 0.178. The van der Waals surface area contributed by atoms with E-state index in [2.05, 4.69) is 10.6 Å². The van der Waals surface area contributed by atoms with E-state index in [1.54, 1.807) is 0 Å². The normalized spacial score (nSPS) is 21.7. The Morgan fingerprint density at radius 3 is 2.68 bits per heavy atom. The predicted octanol–water partition coefficient (Wildman–Crippen LogP) is 1.80. The topological polar surface area (TPSA) is 67.4 Å². The van der Waals surface area contributed by atoms with Crippen LogP contribution in [0.1, 0.15) is 25.3 Å².